The van der Waals surface area contributed by atoms with Crippen LogP contribution in [0.15, 0.2) is 10.8 Å². The molecule has 94 valence electrons. The van der Waals surface area contributed by atoms with E-state index >= 15 is 0 Å². The van der Waals surface area contributed by atoms with Crippen molar-refractivity contribution in [1.29, 1.82) is 0 Å². The molecule has 1 aromatic heterocycles. The van der Waals surface area contributed by atoms with Gasteiger partial charge in [-0.25, -0.2) is 15.8 Å². The Balaban J connectivity index is 2.03. The molecule has 2 rings (SSSR count). The average molecular weight is 300 g/mol. The van der Waals surface area contributed by atoms with Gasteiger partial charge in [-0.15, -0.1) is 0 Å². The quantitative estimate of drug-likeness (QED) is 0.591. The van der Waals surface area contributed by atoms with E-state index in [1.54, 1.807) is 0 Å². The Hall–Kier alpha value is -0.880. The van der Waals surface area contributed by atoms with E-state index in [1.807, 2.05) is 0 Å². The van der Waals surface area contributed by atoms with Crippen LogP contribution in [0.25, 0.3) is 0 Å². The van der Waals surface area contributed by atoms with E-state index in [-0.39, 0.29) is 0 Å². The number of nitrogens with zero attached hydrogens (tertiary/aromatic N) is 2. The smallest absolute Gasteiger partial charge is 0.159 e. The maximum Gasteiger partial charge on any atom is 0.159 e. The number of rotatable bonds is 3. The van der Waals surface area contributed by atoms with Crippen LogP contribution in [0.2, 0.25) is 0 Å². The fourth-order valence-electron chi connectivity index (χ4n) is 2.17. The van der Waals surface area contributed by atoms with E-state index in [9.17, 15) is 0 Å². The zero-order valence-corrected chi connectivity index (χ0v) is 11.5. The Bertz CT molecular complexity index is 376. The molecule has 1 saturated carbocycles. The lowest BCUT2D eigenvalue weighted by atomic mass is 9.87. The number of hydrazine groups is 1. The number of aromatic nitrogens is 2. The fourth-order valence-corrected chi connectivity index (χ4v) is 2.60. The van der Waals surface area contributed by atoms with Crippen LogP contribution in [0.3, 0.4) is 0 Å². The summed E-state index contributed by atoms with van der Waals surface area (Å²) in [5, 5.41) is 3.45. The first kappa shape index (κ1) is 12.6. The number of hydrogen-bond donors (Lipinski definition) is 3. The van der Waals surface area contributed by atoms with Crippen molar-refractivity contribution in [1.82, 2.24) is 9.97 Å². The van der Waals surface area contributed by atoms with Crippen molar-refractivity contribution in [3.05, 3.63) is 10.8 Å². The summed E-state index contributed by atoms with van der Waals surface area (Å²) >= 11 is 3.45. The first-order valence-corrected chi connectivity index (χ1v) is 6.73. The number of nitrogens with two attached hydrogens (primary N) is 1. The molecule has 17 heavy (non-hydrogen) atoms. The van der Waals surface area contributed by atoms with Crippen molar-refractivity contribution in [2.75, 3.05) is 10.7 Å². The minimum Gasteiger partial charge on any atom is -0.366 e. The van der Waals surface area contributed by atoms with Gasteiger partial charge in [0, 0.05) is 6.04 Å². The van der Waals surface area contributed by atoms with Crippen LogP contribution in [-0.4, -0.2) is 16.0 Å². The molecule has 1 aliphatic rings. The van der Waals surface area contributed by atoms with Crippen LogP contribution in [0, 0.1) is 5.92 Å². The molecule has 0 amide bonds. The van der Waals surface area contributed by atoms with Crippen LogP contribution in [0.4, 0.5) is 11.6 Å². The molecule has 5 nitrogen and oxygen atoms in total. The molecule has 0 atom stereocenters. The first-order chi connectivity index (χ1) is 8.20. The van der Waals surface area contributed by atoms with Gasteiger partial charge < -0.3 is 10.7 Å². The molecule has 1 fully saturated rings. The predicted octanol–water partition coefficient (Wildman–Crippen LogP) is 2.52. The van der Waals surface area contributed by atoms with Crippen molar-refractivity contribution < 1.29 is 0 Å². The van der Waals surface area contributed by atoms with Gasteiger partial charge in [0.15, 0.2) is 5.82 Å². The Labute approximate surface area is 110 Å². The van der Waals surface area contributed by atoms with Gasteiger partial charge in [0.25, 0.3) is 0 Å². The molecule has 1 aliphatic carbocycles. The average Bonchev–Trinajstić information content (AvgIpc) is 2.35. The standard InChI is InChI=1S/C11H18BrN5/c1-7-2-4-8(5-3-7)16-10-9(12)11(17-13)15-6-14-10/h6-8H,2-5,13H2,1H3,(H2,14,15,16,17). The Kier molecular flexibility index (Phi) is 4.17. The van der Waals surface area contributed by atoms with Gasteiger partial charge in [-0.3, -0.25) is 0 Å². The van der Waals surface area contributed by atoms with Crippen molar-refractivity contribution in [3.63, 3.8) is 0 Å². The van der Waals surface area contributed by atoms with Gasteiger partial charge in [-0.1, -0.05) is 6.92 Å². The molecule has 4 N–H and O–H groups in total. The predicted molar refractivity (Wildman–Crippen MR) is 72.6 cm³/mol. The van der Waals surface area contributed by atoms with Crippen LogP contribution < -0.4 is 16.6 Å². The zero-order valence-electron chi connectivity index (χ0n) is 9.91. The second-order valence-corrected chi connectivity index (χ2v) is 5.42. The van der Waals surface area contributed by atoms with Gasteiger partial charge in [0.05, 0.1) is 0 Å². The van der Waals surface area contributed by atoms with Crippen LogP contribution >= 0.6 is 15.9 Å². The van der Waals surface area contributed by atoms with Gasteiger partial charge in [-0.05, 0) is 47.5 Å². The highest BCUT2D eigenvalue weighted by Crippen LogP contribution is 2.30. The van der Waals surface area contributed by atoms with E-state index in [4.69, 9.17) is 5.84 Å². The summed E-state index contributed by atoms with van der Waals surface area (Å²) in [4.78, 5) is 8.26. The van der Waals surface area contributed by atoms with Crippen LogP contribution in [0.1, 0.15) is 32.6 Å². The molecule has 1 aromatic rings. The molecule has 6 heteroatoms. The summed E-state index contributed by atoms with van der Waals surface area (Å²) in [6.45, 7) is 2.31. The number of anilines is 2. The molecule has 0 aromatic carbocycles. The third-order valence-corrected chi connectivity index (χ3v) is 4.03. The highest BCUT2D eigenvalue weighted by Gasteiger charge is 2.19. The molecule has 0 unspecified atom stereocenters. The summed E-state index contributed by atoms with van der Waals surface area (Å²) in [6.07, 6.45) is 6.46. The minimum atomic E-state index is 0.503. The lowest BCUT2D eigenvalue weighted by molar-refractivity contribution is 0.360. The Morgan fingerprint density at radius 2 is 1.88 bits per heavy atom. The maximum absolute atomic E-state index is 5.37. The number of hydrogen-bond acceptors (Lipinski definition) is 5. The van der Waals surface area contributed by atoms with Crippen molar-refractivity contribution in [3.8, 4) is 0 Å². The molecule has 0 saturated heterocycles. The molecule has 1 heterocycles. The van der Waals surface area contributed by atoms with E-state index in [2.05, 4.69) is 43.6 Å². The van der Waals surface area contributed by atoms with Gasteiger partial charge in [-0.2, -0.15) is 0 Å². The third kappa shape index (κ3) is 3.07. The van der Waals surface area contributed by atoms with E-state index in [0.29, 0.717) is 11.9 Å². The number of nitrogen functional groups attached to an aromatic ring is 1. The second-order valence-electron chi connectivity index (χ2n) is 4.63. The minimum absolute atomic E-state index is 0.503. The largest absolute Gasteiger partial charge is 0.366 e. The molecule has 0 bridgehead atoms. The number of halogens is 1. The van der Waals surface area contributed by atoms with Crippen molar-refractivity contribution in [2.24, 2.45) is 11.8 Å². The lowest BCUT2D eigenvalue weighted by Crippen LogP contribution is -2.26. The van der Waals surface area contributed by atoms with E-state index in [1.165, 1.54) is 32.0 Å². The summed E-state index contributed by atoms with van der Waals surface area (Å²) in [5.41, 5.74) is 2.54. The number of nitrogens with one attached hydrogen (secondary N) is 2. The topological polar surface area (TPSA) is 75.9 Å². The Morgan fingerprint density at radius 3 is 2.53 bits per heavy atom. The normalized spacial score (nSPS) is 24.4. The molecular formula is C11H18BrN5. The first-order valence-electron chi connectivity index (χ1n) is 5.94. The summed E-state index contributed by atoms with van der Waals surface area (Å²) in [5.74, 6) is 7.64. The van der Waals surface area contributed by atoms with Gasteiger partial charge in [0.2, 0.25) is 0 Å². The molecule has 0 radical (unpaired) electrons. The summed E-state index contributed by atoms with van der Waals surface area (Å²) < 4.78 is 0.793. The van der Waals surface area contributed by atoms with Crippen molar-refractivity contribution in [2.45, 2.75) is 38.6 Å². The lowest BCUT2D eigenvalue weighted by Gasteiger charge is -2.27. The summed E-state index contributed by atoms with van der Waals surface area (Å²) in [6, 6.07) is 0.503. The highest BCUT2D eigenvalue weighted by molar-refractivity contribution is 9.10. The SMILES string of the molecule is CC1CCC(Nc2ncnc(NN)c2Br)CC1. The van der Waals surface area contributed by atoms with Gasteiger partial charge >= 0.3 is 0 Å². The molecule has 0 spiro atoms. The second kappa shape index (κ2) is 5.64. The van der Waals surface area contributed by atoms with Crippen molar-refractivity contribution >= 4 is 27.6 Å². The fraction of sp³-hybridized carbons (Fsp3) is 0.636. The van der Waals surface area contributed by atoms with E-state index < -0.39 is 0 Å². The van der Waals surface area contributed by atoms with Gasteiger partial charge in [0.1, 0.15) is 16.6 Å². The maximum atomic E-state index is 5.37. The molecule has 0 aliphatic heterocycles. The Morgan fingerprint density at radius 1 is 1.24 bits per heavy atom. The monoisotopic (exact) mass is 299 g/mol. The summed E-state index contributed by atoms with van der Waals surface area (Å²) in [7, 11) is 0. The van der Waals surface area contributed by atoms with Crippen LogP contribution in [0.5, 0.6) is 0 Å². The van der Waals surface area contributed by atoms with Crippen LogP contribution in [-0.2, 0) is 0 Å². The third-order valence-electron chi connectivity index (χ3n) is 3.28. The zero-order chi connectivity index (χ0) is 12.3. The highest BCUT2D eigenvalue weighted by atomic mass is 79.9. The molecular weight excluding hydrogens is 282 g/mol. The van der Waals surface area contributed by atoms with E-state index in [0.717, 1.165) is 16.2 Å².